The van der Waals surface area contributed by atoms with Gasteiger partial charge in [0.25, 0.3) is 0 Å². The van der Waals surface area contributed by atoms with Gasteiger partial charge in [0.05, 0.1) is 17.8 Å². The van der Waals surface area contributed by atoms with Crippen LogP contribution in [0.2, 0.25) is 0 Å². The molecule has 2 saturated heterocycles. The third kappa shape index (κ3) is 3.16. The van der Waals surface area contributed by atoms with Crippen molar-refractivity contribution in [1.82, 2.24) is 4.90 Å². The van der Waals surface area contributed by atoms with E-state index in [9.17, 15) is 5.11 Å². The molecule has 0 unspecified atom stereocenters. The molecule has 4 aliphatic carbocycles. The highest BCUT2D eigenvalue weighted by atomic mass is 16.5. The van der Waals surface area contributed by atoms with E-state index in [1.165, 1.54) is 38.6 Å². The second-order valence-electron chi connectivity index (χ2n) is 13.0. The van der Waals surface area contributed by atoms with Crippen molar-refractivity contribution in [3.8, 4) is 0 Å². The number of hydrogen-bond acceptors (Lipinski definition) is 4. The summed E-state index contributed by atoms with van der Waals surface area (Å²) in [5, 5.41) is 10.3. The summed E-state index contributed by atoms with van der Waals surface area (Å²) in [6, 6.07) is 0.520. The fourth-order valence-electron chi connectivity index (χ4n) is 9.89. The third-order valence-corrected chi connectivity index (χ3v) is 11.5. The summed E-state index contributed by atoms with van der Waals surface area (Å²) in [5.41, 5.74) is 11.2. The summed E-state index contributed by atoms with van der Waals surface area (Å²) >= 11 is 0. The zero-order valence-corrected chi connectivity index (χ0v) is 21.4. The van der Waals surface area contributed by atoms with Crippen molar-refractivity contribution in [1.29, 1.82) is 0 Å². The van der Waals surface area contributed by atoms with E-state index in [2.05, 4.69) is 38.7 Å². The van der Waals surface area contributed by atoms with Crippen LogP contribution in [-0.2, 0) is 4.74 Å². The lowest BCUT2D eigenvalue weighted by molar-refractivity contribution is -0.0645. The van der Waals surface area contributed by atoms with Crippen molar-refractivity contribution < 1.29 is 9.84 Å². The maximum absolute atomic E-state index is 10.3. The molecule has 3 N–H and O–H groups in total. The largest absolute Gasteiger partial charge is 0.393 e. The third-order valence-electron chi connectivity index (χ3n) is 11.5. The number of fused-ring (bicyclic) bond motifs is 6. The molecule has 0 amide bonds. The van der Waals surface area contributed by atoms with Crippen LogP contribution >= 0.6 is 0 Å². The van der Waals surface area contributed by atoms with E-state index >= 15 is 0 Å². The van der Waals surface area contributed by atoms with E-state index in [4.69, 9.17) is 10.5 Å². The number of hydrogen-bond donors (Lipinski definition) is 2. The number of aliphatic hydroxyl groups is 1. The molecule has 6 rings (SSSR count). The van der Waals surface area contributed by atoms with Gasteiger partial charge in [0.15, 0.2) is 0 Å². The average molecular weight is 455 g/mol. The summed E-state index contributed by atoms with van der Waals surface area (Å²) in [7, 11) is 0. The fourth-order valence-corrected chi connectivity index (χ4v) is 9.89. The number of ether oxygens (including phenoxy) is 1. The Labute approximate surface area is 201 Å². The number of piperidine rings is 1. The van der Waals surface area contributed by atoms with E-state index in [-0.39, 0.29) is 11.7 Å². The first-order valence-corrected chi connectivity index (χ1v) is 14.0. The van der Waals surface area contributed by atoms with Gasteiger partial charge in [-0.05, 0) is 93.0 Å². The maximum atomic E-state index is 10.3. The number of nitrogens with zero attached hydrogens (tertiary/aromatic N) is 1. The van der Waals surface area contributed by atoms with Crippen LogP contribution < -0.4 is 5.73 Å². The molecule has 2 saturated carbocycles. The van der Waals surface area contributed by atoms with Gasteiger partial charge in [-0.1, -0.05) is 38.0 Å². The second kappa shape index (κ2) is 7.91. The van der Waals surface area contributed by atoms with Crippen LogP contribution in [0, 0.1) is 35.0 Å². The van der Waals surface area contributed by atoms with Crippen molar-refractivity contribution in [3.05, 3.63) is 22.8 Å². The Morgan fingerprint density at radius 2 is 2.03 bits per heavy atom. The quantitative estimate of drug-likeness (QED) is 0.595. The van der Waals surface area contributed by atoms with Crippen LogP contribution in [0.15, 0.2) is 22.8 Å². The van der Waals surface area contributed by atoms with E-state index < -0.39 is 0 Å². The number of rotatable bonds is 2. The highest BCUT2D eigenvalue weighted by Gasteiger charge is 2.61. The predicted octanol–water partition coefficient (Wildman–Crippen LogP) is 4.67. The molecule has 0 bridgehead atoms. The summed E-state index contributed by atoms with van der Waals surface area (Å²) in [4.78, 5) is 2.67. The number of likely N-dealkylation sites (tertiary alicyclic amines) is 1. The maximum Gasteiger partial charge on any atom is 0.0937 e. The first kappa shape index (κ1) is 22.8. The van der Waals surface area contributed by atoms with Gasteiger partial charge in [-0.25, -0.2) is 0 Å². The van der Waals surface area contributed by atoms with Crippen LogP contribution in [0.3, 0.4) is 0 Å². The lowest BCUT2D eigenvalue weighted by Gasteiger charge is -2.49. The van der Waals surface area contributed by atoms with Crippen LogP contribution in [0.25, 0.3) is 0 Å². The molecule has 4 heteroatoms. The van der Waals surface area contributed by atoms with Gasteiger partial charge < -0.3 is 15.6 Å². The van der Waals surface area contributed by atoms with Gasteiger partial charge in [0.1, 0.15) is 0 Å². The highest BCUT2D eigenvalue weighted by molar-refractivity contribution is 5.38. The Morgan fingerprint density at radius 3 is 2.82 bits per heavy atom. The molecule has 0 aromatic rings. The minimum Gasteiger partial charge on any atom is -0.393 e. The molecule has 4 nitrogen and oxygen atoms in total. The minimum absolute atomic E-state index is 0.0640. The fraction of sp³-hybridized carbons (Fsp3) is 0.862. The number of aliphatic hydroxyl groups excluding tert-OH is 1. The van der Waals surface area contributed by atoms with Crippen LogP contribution in [0.1, 0.15) is 79.1 Å². The van der Waals surface area contributed by atoms with Gasteiger partial charge in [-0.15, -0.1) is 0 Å². The van der Waals surface area contributed by atoms with E-state index in [0.717, 1.165) is 50.1 Å². The molecule has 4 fully saturated rings. The predicted molar refractivity (Wildman–Crippen MR) is 133 cm³/mol. The Morgan fingerprint density at radius 1 is 1.21 bits per heavy atom. The monoisotopic (exact) mass is 454 g/mol. The molecular weight excluding hydrogens is 408 g/mol. The van der Waals surface area contributed by atoms with Gasteiger partial charge in [0.2, 0.25) is 0 Å². The van der Waals surface area contributed by atoms with Crippen LogP contribution in [0.4, 0.5) is 0 Å². The SMILES string of the molecule is CC1=C2C[C@@H]3[C@@H](CC=C4C[C@@H](O)CC[C@@]43C)[C@H]2CC[C@]12O[C@H]1C[C@H](C)CN(CCN)[C@H]1[C@@H]2C. The normalized spacial score (nSPS) is 51.8. The molecule has 33 heavy (non-hydrogen) atoms. The van der Waals surface area contributed by atoms with Crippen LogP contribution in [-0.4, -0.2) is 53.5 Å². The Hall–Kier alpha value is -0.680. The Balaban J connectivity index is 1.33. The summed E-state index contributed by atoms with van der Waals surface area (Å²) in [6.07, 6.45) is 12.0. The number of nitrogens with two attached hydrogens (primary N) is 1. The molecular formula is C29H46N2O2. The van der Waals surface area contributed by atoms with Crippen molar-refractivity contribution in [3.63, 3.8) is 0 Å². The van der Waals surface area contributed by atoms with Crippen LogP contribution in [0.5, 0.6) is 0 Å². The minimum atomic E-state index is -0.122. The zero-order chi connectivity index (χ0) is 23.1. The molecule has 2 aliphatic heterocycles. The Bertz CT molecular complexity index is 866. The highest BCUT2D eigenvalue weighted by Crippen LogP contribution is 2.65. The lowest BCUT2D eigenvalue weighted by Crippen LogP contribution is -2.53. The molecule has 2 heterocycles. The summed E-state index contributed by atoms with van der Waals surface area (Å²) in [5.74, 6) is 3.52. The molecule has 10 atom stereocenters. The lowest BCUT2D eigenvalue weighted by atomic mass is 9.56. The molecule has 6 aliphatic rings. The zero-order valence-electron chi connectivity index (χ0n) is 21.4. The Kier molecular flexibility index (Phi) is 5.46. The summed E-state index contributed by atoms with van der Waals surface area (Å²) < 4.78 is 7.19. The van der Waals surface area contributed by atoms with Gasteiger partial charge >= 0.3 is 0 Å². The summed E-state index contributed by atoms with van der Waals surface area (Å²) in [6.45, 7) is 12.8. The van der Waals surface area contributed by atoms with Crippen molar-refractivity contribution in [2.75, 3.05) is 19.6 Å². The average Bonchev–Trinajstić information content (AvgIpc) is 3.29. The van der Waals surface area contributed by atoms with Gasteiger partial charge in [-0.3, -0.25) is 4.90 Å². The number of allylic oxidation sites excluding steroid dienone is 2. The standard InChI is InChI=1S/C29H46N2O2/c1-17-13-26-27(31(16-17)12-11-30)19(3)29(33-26)10-8-22-23-6-5-20-14-21(32)7-9-28(20,4)25(23)15-24(22)18(29)2/h5,17,19,21-23,25-27,32H,6-16,30H2,1-4H3/t17-,19-,21-,22+,23-,25+,26-,27-,28-,29-/m0/s1. The van der Waals surface area contributed by atoms with Gasteiger partial charge in [-0.2, -0.15) is 0 Å². The topological polar surface area (TPSA) is 58.7 Å². The molecule has 0 radical (unpaired) electrons. The second-order valence-corrected chi connectivity index (χ2v) is 13.0. The van der Waals surface area contributed by atoms with E-state index in [1.54, 1.807) is 16.7 Å². The molecule has 1 spiro atoms. The first-order chi connectivity index (χ1) is 15.8. The first-order valence-electron chi connectivity index (χ1n) is 14.0. The molecule has 0 aromatic carbocycles. The smallest absolute Gasteiger partial charge is 0.0937 e. The van der Waals surface area contributed by atoms with Crippen molar-refractivity contribution in [2.45, 2.75) is 103 Å². The van der Waals surface area contributed by atoms with E-state index in [0.29, 0.717) is 29.4 Å². The van der Waals surface area contributed by atoms with E-state index in [1.807, 2.05) is 0 Å². The van der Waals surface area contributed by atoms with Crippen molar-refractivity contribution in [2.24, 2.45) is 40.7 Å². The molecule has 184 valence electrons. The molecule has 0 aromatic heterocycles. The van der Waals surface area contributed by atoms with Crippen molar-refractivity contribution >= 4 is 0 Å². The van der Waals surface area contributed by atoms with Gasteiger partial charge in [0, 0.05) is 31.6 Å².